The molecule has 1 saturated heterocycles. The van der Waals surface area contributed by atoms with Crippen LogP contribution in [-0.4, -0.2) is 46.2 Å². The quantitative estimate of drug-likeness (QED) is 0.605. The highest BCUT2D eigenvalue weighted by atomic mass is 16.5. The fourth-order valence-electron chi connectivity index (χ4n) is 4.13. The van der Waals surface area contributed by atoms with Crippen molar-refractivity contribution in [1.29, 1.82) is 0 Å². The number of nitrogens with one attached hydrogen (secondary N) is 1. The molecule has 1 N–H and O–H groups in total. The molecular formula is C25H30N4O3. The molecule has 0 aliphatic carbocycles. The number of hydrogen-bond acceptors (Lipinski definition) is 6. The predicted molar refractivity (Wildman–Crippen MR) is 124 cm³/mol. The van der Waals surface area contributed by atoms with Crippen LogP contribution in [0.5, 0.6) is 11.5 Å². The molecule has 4 rings (SSSR count). The Kier molecular flexibility index (Phi) is 6.85. The maximum atomic E-state index is 12.2. The molecule has 3 aromatic rings. The van der Waals surface area contributed by atoms with Gasteiger partial charge in [-0.2, -0.15) is 0 Å². The zero-order valence-corrected chi connectivity index (χ0v) is 18.9. The molecule has 168 valence electrons. The Balaban J connectivity index is 1.41. The highest BCUT2D eigenvalue weighted by Crippen LogP contribution is 2.31. The summed E-state index contributed by atoms with van der Waals surface area (Å²) in [4.78, 5) is 26.4. The Hall–Kier alpha value is -3.19. The molecule has 1 aliphatic rings. The summed E-state index contributed by atoms with van der Waals surface area (Å²) in [5.74, 6) is 2.40. The average Bonchev–Trinajstić information content (AvgIpc) is 2.80. The van der Waals surface area contributed by atoms with E-state index in [0.717, 1.165) is 55.2 Å². The molecule has 3 heterocycles. The fraction of sp³-hybridized carbons (Fsp3) is 0.400. The summed E-state index contributed by atoms with van der Waals surface area (Å²) in [7, 11) is 1.67. The maximum absolute atomic E-state index is 12.2. The summed E-state index contributed by atoms with van der Waals surface area (Å²) in [6, 6.07) is 11.5. The second-order valence-electron chi connectivity index (χ2n) is 8.46. The number of rotatable bonds is 7. The topological polar surface area (TPSA) is 80.3 Å². The average molecular weight is 435 g/mol. The van der Waals surface area contributed by atoms with Gasteiger partial charge in [-0.1, -0.05) is 6.07 Å². The lowest BCUT2D eigenvalue weighted by Crippen LogP contribution is -2.33. The molecule has 32 heavy (non-hydrogen) atoms. The lowest BCUT2D eigenvalue weighted by molar-refractivity contribution is 0.202. The van der Waals surface area contributed by atoms with Gasteiger partial charge in [-0.15, -0.1) is 0 Å². The van der Waals surface area contributed by atoms with Crippen LogP contribution in [0.1, 0.15) is 43.9 Å². The Morgan fingerprint density at radius 1 is 1.16 bits per heavy atom. The zero-order valence-electron chi connectivity index (χ0n) is 18.9. The van der Waals surface area contributed by atoms with E-state index >= 15 is 0 Å². The minimum Gasteiger partial charge on any atom is -0.493 e. The largest absolute Gasteiger partial charge is 0.493 e. The first-order valence-electron chi connectivity index (χ1n) is 11.1. The third kappa shape index (κ3) is 5.34. The molecule has 0 saturated carbocycles. The van der Waals surface area contributed by atoms with Crippen LogP contribution >= 0.6 is 0 Å². The second kappa shape index (κ2) is 9.96. The maximum Gasteiger partial charge on any atom is 0.251 e. The van der Waals surface area contributed by atoms with Gasteiger partial charge in [0.1, 0.15) is 5.82 Å². The molecule has 0 atom stereocenters. The number of methoxy groups -OCH3 is 1. The van der Waals surface area contributed by atoms with E-state index in [1.54, 1.807) is 25.6 Å². The number of benzene rings is 1. The van der Waals surface area contributed by atoms with Crippen LogP contribution in [0.25, 0.3) is 11.4 Å². The van der Waals surface area contributed by atoms with Crippen molar-refractivity contribution in [1.82, 2.24) is 19.9 Å². The fourth-order valence-corrected chi connectivity index (χ4v) is 4.13. The molecule has 1 fully saturated rings. The molecule has 7 heteroatoms. The van der Waals surface area contributed by atoms with Crippen LogP contribution < -0.4 is 15.0 Å². The van der Waals surface area contributed by atoms with Crippen molar-refractivity contribution in [2.75, 3.05) is 20.2 Å². The molecule has 0 unspecified atom stereocenters. The summed E-state index contributed by atoms with van der Waals surface area (Å²) in [5.41, 5.74) is 2.77. The van der Waals surface area contributed by atoms with E-state index in [0.29, 0.717) is 5.82 Å². The van der Waals surface area contributed by atoms with E-state index in [9.17, 15) is 4.79 Å². The highest BCUT2D eigenvalue weighted by molar-refractivity contribution is 5.52. The minimum absolute atomic E-state index is 0.103. The Morgan fingerprint density at radius 3 is 2.66 bits per heavy atom. The summed E-state index contributed by atoms with van der Waals surface area (Å²) in [5, 5.41) is 0. The number of nitrogens with zero attached hydrogens (tertiary/aromatic N) is 3. The monoisotopic (exact) mass is 434 g/mol. The number of aromatic amines is 1. The first-order valence-corrected chi connectivity index (χ1v) is 11.1. The van der Waals surface area contributed by atoms with Gasteiger partial charge in [0.2, 0.25) is 0 Å². The number of hydrogen-bond donors (Lipinski definition) is 1. The number of likely N-dealkylation sites (tertiary alicyclic amines) is 1. The zero-order chi connectivity index (χ0) is 22.5. The second-order valence-corrected chi connectivity index (χ2v) is 8.46. The molecule has 2 aromatic heterocycles. The Labute approximate surface area is 188 Å². The molecule has 0 bridgehead atoms. The van der Waals surface area contributed by atoms with Crippen molar-refractivity contribution in [3.8, 4) is 22.9 Å². The molecule has 0 amide bonds. The lowest BCUT2D eigenvalue weighted by atomic mass is 9.93. The van der Waals surface area contributed by atoms with Gasteiger partial charge in [-0.3, -0.25) is 14.7 Å². The van der Waals surface area contributed by atoms with Crippen molar-refractivity contribution in [3.05, 3.63) is 70.4 Å². The summed E-state index contributed by atoms with van der Waals surface area (Å²) < 4.78 is 11.3. The number of H-pyrrole nitrogens is 1. The SMILES string of the molecule is COc1cc(CN2CCC(c3cc(=O)[nH]c(-c4cccnc4)n3)CC2)ccc1OC(C)C. The predicted octanol–water partition coefficient (Wildman–Crippen LogP) is 4.01. The van der Waals surface area contributed by atoms with Crippen LogP contribution in [0.15, 0.2) is 53.6 Å². The number of aromatic nitrogens is 3. The standard InChI is InChI=1S/C25H30N4O3/c1-17(2)32-22-7-6-18(13-23(22)31-3)16-29-11-8-19(9-12-29)21-14-24(30)28-25(27-21)20-5-4-10-26-15-20/h4-7,10,13-15,17,19H,8-9,11-12,16H2,1-3H3,(H,27,28,30). The summed E-state index contributed by atoms with van der Waals surface area (Å²) in [6.45, 7) is 6.77. The van der Waals surface area contributed by atoms with Gasteiger partial charge in [0.05, 0.1) is 18.9 Å². The van der Waals surface area contributed by atoms with Gasteiger partial charge in [-0.25, -0.2) is 4.98 Å². The molecule has 0 radical (unpaired) electrons. The van der Waals surface area contributed by atoms with E-state index in [1.165, 1.54) is 5.56 Å². The molecule has 7 nitrogen and oxygen atoms in total. The van der Waals surface area contributed by atoms with Gasteiger partial charge in [0, 0.05) is 36.5 Å². The van der Waals surface area contributed by atoms with Crippen LogP contribution in [0, 0.1) is 0 Å². The van der Waals surface area contributed by atoms with Gasteiger partial charge < -0.3 is 14.5 Å². The van der Waals surface area contributed by atoms with Crippen molar-refractivity contribution in [2.24, 2.45) is 0 Å². The number of pyridine rings is 1. The van der Waals surface area contributed by atoms with Gasteiger partial charge >= 0.3 is 0 Å². The van der Waals surface area contributed by atoms with E-state index in [4.69, 9.17) is 14.5 Å². The van der Waals surface area contributed by atoms with E-state index in [2.05, 4.69) is 27.0 Å². The van der Waals surface area contributed by atoms with Crippen LogP contribution in [0.3, 0.4) is 0 Å². The molecule has 1 aromatic carbocycles. The van der Waals surface area contributed by atoms with Gasteiger partial charge in [-0.05, 0) is 69.6 Å². The molecule has 0 spiro atoms. The number of piperidine rings is 1. The summed E-state index contributed by atoms with van der Waals surface area (Å²) >= 11 is 0. The van der Waals surface area contributed by atoms with Crippen molar-refractivity contribution >= 4 is 0 Å². The van der Waals surface area contributed by atoms with Crippen molar-refractivity contribution in [3.63, 3.8) is 0 Å². The third-order valence-corrected chi connectivity index (χ3v) is 5.70. The first-order chi connectivity index (χ1) is 15.5. The smallest absolute Gasteiger partial charge is 0.251 e. The highest BCUT2D eigenvalue weighted by Gasteiger charge is 2.23. The third-order valence-electron chi connectivity index (χ3n) is 5.70. The molecule has 1 aliphatic heterocycles. The van der Waals surface area contributed by atoms with Gasteiger partial charge in [0.25, 0.3) is 5.56 Å². The molecular weight excluding hydrogens is 404 g/mol. The van der Waals surface area contributed by atoms with Crippen molar-refractivity contribution < 1.29 is 9.47 Å². The van der Waals surface area contributed by atoms with E-state index in [1.807, 2.05) is 32.0 Å². The first kappa shape index (κ1) is 22.0. The minimum atomic E-state index is -0.118. The van der Waals surface area contributed by atoms with E-state index in [-0.39, 0.29) is 17.6 Å². The Bertz CT molecular complexity index is 1090. The number of ether oxygens (including phenoxy) is 2. The van der Waals surface area contributed by atoms with Crippen molar-refractivity contribution in [2.45, 2.75) is 45.3 Å². The van der Waals surface area contributed by atoms with E-state index < -0.39 is 0 Å². The normalized spacial score (nSPS) is 15.1. The Morgan fingerprint density at radius 2 is 1.97 bits per heavy atom. The van der Waals surface area contributed by atoms with Crippen LogP contribution in [0.2, 0.25) is 0 Å². The van der Waals surface area contributed by atoms with Gasteiger partial charge in [0.15, 0.2) is 11.5 Å². The summed E-state index contributed by atoms with van der Waals surface area (Å²) in [6.07, 6.45) is 5.47. The van der Waals surface area contributed by atoms with Crippen LogP contribution in [-0.2, 0) is 6.54 Å². The lowest BCUT2D eigenvalue weighted by Gasteiger charge is -2.31. The van der Waals surface area contributed by atoms with Crippen LogP contribution in [0.4, 0.5) is 0 Å².